The van der Waals surface area contributed by atoms with Gasteiger partial charge in [-0.2, -0.15) is 0 Å². The monoisotopic (exact) mass is 236 g/mol. The summed E-state index contributed by atoms with van der Waals surface area (Å²) in [5.74, 6) is -0.742. The maximum absolute atomic E-state index is 11.1. The summed E-state index contributed by atoms with van der Waals surface area (Å²) < 4.78 is 0. The van der Waals surface area contributed by atoms with Gasteiger partial charge in [-0.05, 0) is 54.0 Å². The van der Waals surface area contributed by atoms with E-state index in [0.717, 1.165) is 18.4 Å². The minimum absolute atomic E-state index is 0.532. The highest BCUT2D eigenvalue weighted by atomic mass is 32.1. The van der Waals surface area contributed by atoms with E-state index in [1.165, 1.54) is 49.0 Å². The second kappa shape index (κ2) is 3.59. The van der Waals surface area contributed by atoms with Crippen molar-refractivity contribution < 1.29 is 9.90 Å². The van der Waals surface area contributed by atoms with Gasteiger partial charge >= 0.3 is 5.97 Å². The third-order valence-corrected chi connectivity index (χ3v) is 5.37. The van der Waals surface area contributed by atoms with Crippen LogP contribution in [0, 0.1) is 5.41 Å². The molecule has 2 aliphatic carbocycles. The highest BCUT2D eigenvalue weighted by Gasteiger charge is 2.38. The predicted molar refractivity (Wildman–Crippen MR) is 64.2 cm³/mol. The van der Waals surface area contributed by atoms with E-state index < -0.39 is 5.97 Å². The lowest BCUT2D eigenvalue weighted by Crippen LogP contribution is -2.25. The largest absolute Gasteiger partial charge is 0.477 e. The second-order valence-electron chi connectivity index (χ2n) is 5.26. The molecule has 1 heterocycles. The first-order valence-corrected chi connectivity index (χ1v) is 6.91. The summed E-state index contributed by atoms with van der Waals surface area (Å²) >= 11 is 1.42. The van der Waals surface area contributed by atoms with Gasteiger partial charge in [0.25, 0.3) is 0 Å². The molecule has 1 spiro atoms. The summed E-state index contributed by atoms with van der Waals surface area (Å²) in [7, 11) is 0. The van der Waals surface area contributed by atoms with Crippen LogP contribution in [0.1, 0.15) is 52.9 Å². The van der Waals surface area contributed by atoms with E-state index in [1.54, 1.807) is 0 Å². The number of rotatable bonds is 1. The Morgan fingerprint density at radius 3 is 2.75 bits per heavy atom. The molecule has 1 aromatic heterocycles. The van der Waals surface area contributed by atoms with Crippen LogP contribution in [0.15, 0.2) is 5.38 Å². The molecule has 1 N–H and O–H groups in total. The Morgan fingerprint density at radius 2 is 2.06 bits per heavy atom. The predicted octanol–water partition coefficient (Wildman–Crippen LogP) is 3.50. The first kappa shape index (κ1) is 10.3. The van der Waals surface area contributed by atoms with Gasteiger partial charge in [0.05, 0.1) is 0 Å². The Hall–Kier alpha value is -0.830. The van der Waals surface area contributed by atoms with Crippen LogP contribution in [-0.4, -0.2) is 11.1 Å². The Morgan fingerprint density at radius 1 is 1.31 bits per heavy atom. The summed E-state index contributed by atoms with van der Waals surface area (Å²) in [5.41, 5.74) is 3.00. The van der Waals surface area contributed by atoms with Crippen LogP contribution in [0.2, 0.25) is 0 Å². The Balaban J connectivity index is 1.93. The summed E-state index contributed by atoms with van der Waals surface area (Å²) in [6.07, 6.45) is 8.76. The van der Waals surface area contributed by atoms with Gasteiger partial charge in [0.1, 0.15) is 4.88 Å². The van der Waals surface area contributed by atoms with Crippen molar-refractivity contribution in [3.05, 3.63) is 21.4 Å². The van der Waals surface area contributed by atoms with Gasteiger partial charge in [-0.25, -0.2) is 4.79 Å². The topological polar surface area (TPSA) is 37.3 Å². The third-order valence-electron chi connectivity index (χ3n) is 4.31. The number of fused-ring (bicyclic) bond motifs is 1. The standard InChI is InChI=1S/C13H16O2S/c14-12(15)11-10-3-6-13(4-1-2-5-13)7-9(10)8-16-11/h8H,1-7H2,(H,14,15). The van der Waals surface area contributed by atoms with Crippen LogP contribution in [0.25, 0.3) is 0 Å². The molecule has 0 radical (unpaired) electrons. The van der Waals surface area contributed by atoms with E-state index in [1.807, 2.05) is 0 Å². The van der Waals surface area contributed by atoms with E-state index in [4.69, 9.17) is 5.11 Å². The van der Waals surface area contributed by atoms with Crippen LogP contribution < -0.4 is 0 Å². The summed E-state index contributed by atoms with van der Waals surface area (Å²) in [4.78, 5) is 11.6. The van der Waals surface area contributed by atoms with Gasteiger partial charge < -0.3 is 5.11 Å². The molecular formula is C13H16O2S. The van der Waals surface area contributed by atoms with Crippen molar-refractivity contribution >= 4 is 17.3 Å². The van der Waals surface area contributed by atoms with Gasteiger partial charge in [0.15, 0.2) is 0 Å². The lowest BCUT2D eigenvalue weighted by atomic mass is 9.71. The maximum Gasteiger partial charge on any atom is 0.346 e. The van der Waals surface area contributed by atoms with E-state index >= 15 is 0 Å². The molecule has 2 nitrogen and oxygen atoms in total. The average molecular weight is 236 g/mol. The first-order chi connectivity index (χ1) is 7.70. The number of hydrogen-bond donors (Lipinski definition) is 1. The van der Waals surface area contributed by atoms with Crippen LogP contribution in [0.3, 0.4) is 0 Å². The molecule has 0 atom stereocenters. The molecule has 1 aromatic rings. The minimum Gasteiger partial charge on any atom is -0.477 e. The SMILES string of the molecule is O=C(O)c1scc2c1CCC1(CCCC1)C2. The van der Waals surface area contributed by atoms with Crippen molar-refractivity contribution in [3.8, 4) is 0 Å². The van der Waals surface area contributed by atoms with Crippen molar-refractivity contribution in [3.63, 3.8) is 0 Å². The molecule has 0 unspecified atom stereocenters. The van der Waals surface area contributed by atoms with Crippen LogP contribution >= 0.6 is 11.3 Å². The molecule has 3 rings (SSSR count). The average Bonchev–Trinajstić information content (AvgIpc) is 2.85. The fraction of sp³-hybridized carbons (Fsp3) is 0.615. The van der Waals surface area contributed by atoms with E-state index in [0.29, 0.717) is 10.3 Å². The normalized spacial score (nSPS) is 22.2. The van der Waals surface area contributed by atoms with Gasteiger partial charge in [-0.15, -0.1) is 11.3 Å². The zero-order chi connectivity index (χ0) is 11.2. The highest BCUT2D eigenvalue weighted by Crippen LogP contribution is 2.49. The molecule has 0 aliphatic heterocycles. The summed E-state index contributed by atoms with van der Waals surface area (Å²) in [6.45, 7) is 0. The van der Waals surface area contributed by atoms with E-state index in [9.17, 15) is 4.79 Å². The molecule has 1 fully saturated rings. The number of thiophene rings is 1. The van der Waals surface area contributed by atoms with Gasteiger partial charge in [-0.3, -0.25) is 0 Å². The molecule has 0 aromatic carbocycles. The molecule has 86 valence electrons. The van der Waals surface area contributed by atoms with Crippen LogP contribution in [0.4, 0.5) is 0 Å². The number of aromatic carboxylic acids is 1. The van der Waals surface area contributed by atoms with Crippen molar-refractivity contribution in [2.45, 2.75) is 44.9 Å². The quantitative estimate of drug-likeness (QED) is 0.810. The fourth-order valence-corrected chi connectivity index (χ4v) is 4.42. The molecule has 2 aliphatic rings. The molecular weight excluding hydrogens is 220 g/mol. The highest BCUT2D eigenvalue weighted by molar-refractivity contribution is 7.12. The Kier molecular flexibility index (Phi) is 2.32. The minimum atomic E-state index is -0.742. The molecule has 1 saturated carbocycles. The van der Waals surface area contributed by atoms with Gasteiger partial charge in [-0.1, -0.05) is 12.8 Å². The van der Waals surface area contributed by atoms with E-state index in [-0.39, 0.29) is 0 Å². The van der Waals surface area contributed by atoms with Crippen LogP contribution in [-0.2, 0) is 12.8 Å². The number of hydrogen-bond acceptors (Lipinski definition) is 2. The first-order valence-electron chi connectivity index (χ1n) is 6.03. The second-order valence-corrected chi connectivity index (χ2v) is 6.14. The van der Waals surface area contributed by atoms with E-state index in [2.05, 4.69) is 5.38 Å². The molecule has 0 saturated heterocycles. The molecule has 3 heteroatoms. The fourth-order valence-electron chi connectivity index (χ4n) is 3.45. The number of carbonyl (C=O) groups is 1. The third kappa shape index (κ3) is 1.49. The zero-order valence-electron chi connectivity index (χ0n) is 9.29. The van der Waals surface area contributed by atoms with Crippen LogP contribution in [0.5, 0.6) is 0 Å². The maximum atomic E-state index is 11.1. The molecule has 16 heavy (non-hydrogen) atoms. The van der Waals surface area contributed by atoms with Crippen molar-refractivity contribution in [2.75, 3.05) is 0 Å². The lowest BCUT2D eigenvalue weighted by molar-refractivity contribution is 0.0700. The smallest absolute Gasteiger partial charge is 0.346 e. The summed E-state index contributed by atoms with van der Waals surface area (Å²) in [5, 5.41) is 11.2. The zero-order valence-corrected chi connectivity index (χ0v) is 10.1. The molecule has 0 amide bonds. The summed E-state index contributed by atoms with van der Waals surface area (Å²) in [6, 6.07) is 0. The van der Waals surface area contributed by atoms with Gasteiger partial charge in [0, 0.05) is 0 Å². The number of carboxylic acids is 1. The Bertz CT molecular complexity index is 427. The lowest BCUT2D eigenvalue weighted by Gasteiger charge is -2.33. The van der Waals surface area contributed by atoms with Crippen molar-refractivity contribution in [1.82, 2.24) is 0 Å². The number of carboxylic acid groups (broad SMARTS) is 1. The molecule has 0 bridgehead atoms. The van der Waals surface area contributed by atoms with Gasteiger partial charge in [0.2, 0.25) is 0 Å². The van der Waals surface area contributed by atoms with Crippen molar-refractivity contribution in [2.24, 2.45) is 5.41 Å². The van der Waals surface area contributed by atoms with Crippen molar-refractivity contribution in [1.29, 1.82) is 0 Å². The Labute approximate surface area is 99.3 Å².